The lowest BCUT2D eigenvalue weighted by Gasteiger charge is -2.21. The highest BCUT2D eigenvalue weighted by atomic mass is 16.2. The Morgan fingerprint density at radius 2 is 1.93 bits per heavy atom. The van der Waals surface area contributed by atoms with Crippen molar-refractivity contribution in [2.45, 2.75) is 39.7 Å². The van der Waals surface area contributed by atoms with Crippen molar-refractivity contribution >= 4 is 16.9 Å². The first kappa shape index (κ1) is 20.4. The zero-order chi connectivity index (χ0) is 20.1. The highest BCUT2D eigenvalue weighted by molar-refractivity contribution is 6.05. The van der Waals surface area contributed by atoms with Crippen LogP contribution in [0.1, 0.15) is 49.2 Å². The van der Waals surface area contributed by atoms with E-state index in [4.69, 9.17) is 0 Å². The van der Waals surface area contributed by atoms with E-state index in [1.807, 2.05) is 20.8 Å². The lowest BCUT2D eigenvalue weighted by atomic mass is 10.0. The summed E-state index contributed by atoms with van der Waals surface area (Å²) in [4.78, 5) is 46.4. The molecule has 7 heteroatoms. The Balaban J connectivity index is 2.88. The largest absolute Gasteiger partial charge is 0.331 e. The van der Waals surface area contributed by atoms with Crippen LogP contribution in [-0.2, 0) is 6.54 Å². The second kappa shape index (κ2) is 8.62. The van der Waals surface area contributed by atoms with E-state index in [0.29, 0.717) is 31.7 Å². The van der Waals surface area contributed by atoms with Crippen LogP contribution in [0.2, 0.25) is 0 Å². The van der Waals surface area contributed by atoms with Crippen molar-refractivity contribution in [1.82, 2.24) is 19.4 Å². The number of fused-ring (bicyclic) bond motifs is 1. The number of carbonyl (C=O) groups is 1. The van der Waals surface area contributed by atoms with Crippen molar-refractivity contribution in [3.05, 3.63) is 63.5 Å². The van der Waals surface area contributed by atoms with Gasteiger partial charge in [0.1, 0.15) is 0 Å². The smallest absolute Gasteiger partial charge is 0.329 e. The molecular formula is C20H26N4O3. The number of H-pyrrole nitrogens is 1. The molecule has 1 N–H and O–H groups in total. The van der Waals surface area contributed by atoms with Gasteiger partial charge in [0.25, 0.3) is 11.5 Å². The summed E-state index contributed by atoms with van der Waals surface area (Å²) in [7, 11) is 0. The lowest BCUT2D eigenvalue weighted by molar-refractivity contribution is 0.0792. The standard InChI is InChI=1S/C20H26N4O3/c1-6-9-23(10-7-2)19(26)14-12-15(13(4)5)21-17-16(14)18(25)22-20(27)24(17)11-8-3/h6-7,12-13H,1-2,8-11H2,3-5H3,(H,22,25,27). The molecule has 0 spiro atoms. The third kappa shape index (κ3) is 4.07. The maximum absolute atomic E-state index is 13.2. The van der Waals surface area contributed by atoms with Gasteiger partial charge in [-0.3, -0.25) is 19.1 Å². The number of pyridine rings is 1. The van der Waals surface area contributed by atoms with Gasteiger partial charge in [-0.05, 0) is 18.4 Å². The average molecular weight is 370 g/mol. The van der Waals surface area contributed by atoms with Crippen LogP contribution >= 0.6 is 0 Å². The minimum atomic E-state index is -0.606. The number of aromatic amines is 1. The second-order valence-corrected chi connectivity index (χ2v) is 6.65. The number of nitrogens with one attached hydrogen (secondary N) is 1. The van der Waals surface area contributed by atoms with Crippen molar-refractivity contribution in [3.63, 3.8) is 0 Å². The number of carbonyl (C=O) groups excluding carboxylic acids is 1. The van der Waals surface area contributed by atoms with Crippen LogP contribution in [0.5, 0.6) is 0 Å². The number of amides is 1. The minimum Gasteiger partial charge on any atom is -0.331 e. The number of aryl methyl sites for hydroxylation is 1. The van der Waals surface area contributed by atoms with E-state index in [0.717, 1.165) is 0 Å². The molecule has 0 atom stereocenters. The Hall–Kier alpha value is -2.96. The molecule has 0 saturated carbocycles. The maximum atomic E-state index is 13.2. The van der Waals surface area contributed by atoms with Gasteiger partial charge in [0.15, 0.2) is 5.65 Å². The average Bonchev–Trinajstić information content (AvgIpc) is 2.63. The fourth-order valence-corrected chi connectivity index (χ4v) is 2.91. The predicted octanol–water partition coefficient (Wildman–Crippen LogP) is 2.43. The summed E-state index contributed by atoms with van der Waals surface area (Å²) in [6, 6.07) is 1.64. The monoisotopic (exact) mass is 370 g/mol. The fourth-order valence-electron chi connectivity index (χ4n) is 2.91. The Labute approximate surface area is 158 Å². The summed E-state index contributed by atoms with van der Waals surface area (Å²) in [6.07, 6.45) is 3.92. The molecule has 0 unspecified atom stereocenters. The van der Waals surface area contributed by atoms with Crippen molar-refractivity contribution in [2.75, 3.05) is 13.1 Å². The van der Waals surface area contributed by atoms with Crippen LogP contribution in [0.25, 0.3) is 11.0 Å². The molecule has 2 aromatic rings. The number of rotatable bonds is 8. The van der Waals surface area contributed by atoms with Gasteiger partial charge in [-0.2, -0.15) is 0 Å². The molecule has 27 heavy (non-hydrogen) atoms. The van der Waals surface area contributed by atoms with Crippen LogP contribution in [0.15, 0.2) is 41.0 Å². The Morgan fingerprint density at radius 3 is 2.44 bits per heavy atom. The number of hydrogen-bond donors (Lipinski definition) is 1. The fraction of sp³-hybridized carbons (Fsp3) is 0.400. The summed E-state index contributed by atoms with van der Waals surface area (Å²) < 4.78 is 1.42. The summed E-state index contributed by atoms with van der Waals surface area (Å²) in [5.41, 5.74) is 0.00882. The molecule has 0 radical (unpaired) electrons. The number of nitrogens with zero attached hydrogens (tertiary/aromatic N) is 3. The topological polar surface area (TPSA) is 88.1 Å². The molecule has 0 aliphatic heterocycles. The first-order valence-corrected chi connectivity index (χ1v) is 9.04. The molecule has 0 saturated heterocycles. The molecule has 7 nitrogen and oxygen atoms in total. The third-order valence-electron chi connectivity index (χ3n) is 4.22. The van der Waals surface area contributed by atoms with Crippen molar-refractivity contribution in [2.24, 2.45) is 0 Å². The molecule has 0 aromatic carbocycles. The third-order valence-corrected chi connectivity index (χ3v) is 4.22. The Morgan fingerprint density at radius 1 is 1.30 bits per heavy atom. The summed E-state index contributed by atoms with van der Waals surface area (Å²) >= 11 is 0. The van der Waals surface area contributed by atoms with Gasteiger partial charge in [-0.1, -0.05) is 32.9 Å². The summed E-state index contributed by atoms with van der Waals surface area (Å²) in [5.74, 6) is -0.297. The molecule has 1 amide bonds. The van der Waals surface area contributed by atoms with E-state index >= 15 is 0 Å². The van der Waals surface area contributed by atoms with E-state index < -0.39 is 11.2 Å². The van der Waals surface area contributed by atoms with Crippen molar-refractivity contribution in [1.29, 1.82) is 0 Å². The highest BCUT2D eigenvalue weighted by Crippen LogP contribution is 2.21. The SMILES string of the molecule is C=CCN(CC=C)C(=O)c1cc(C(C)C)nc2c1c(=O)[nH]c(=O)n2CCC. The normalized spacial score (nSPS) is 11.0. The van der Waals surface area contributed by atoms with Gasteiger partial charge in [0.2, 0.25) is 0 Å². The first-order chi connectivity index (χ1) is 12.8. The van der Waals surface area contributed by atoms with Gasteiger partial charge in [0.05, 0.1) is 10.9 Å². The zero-order valence-corrected chi connectivity index (χ0v) is 16.1. The summed E-state index contributed by atoms with van der Waals surface area (Å²) in [5, 5.41) is 0.135. The molecule has 0 aliphatic rings. The number of hydrogen-bond acceptors (Lipinski definition) is 4. The van der Waals surface area contributed by atoms with Crippen LogP contribution < -0.4 is 11.2 Å². The van der Waals surface area contributed by atoms with E-state index in [1.165, 1.54) is 9.47 Å². The molecule has 2 heterocycles. The predicted molar refractivity (Wildman–Crippen MR) is 107 cm³/mol. The molecule has 0 fully saturated rings. The molecular weight excluding hydrogens is 344 g/mol. The van der Waals surface area contributed by atoms with Gasteiger partial charge >= 0.3 is 5.69 Å². The zero-order valence-electron chi connectivity index (χ0n) is 16.1. The van der Waals surface area contributed by atoms with Crippen LogP contribution in [0.3, 0.4) is 0 Å². The highest BCUT2D eigenvalue weighted by Gasteiger charge is 2.23. The second-order valence-electron chi connectivity index (χ2n) is 6.65. The van der Waals surface area contributed by atoms with Crippen molar-refractivity contribution in [3.8, 4) is 0 Å². The van der Waals surface area contributed by atoms with E-state index in [9.17, 15) is 14.4 Å². The molecule has 144 valence electrons. The van der Waals surface area contributed by atoms with Gasteiger partial charge in [-0.25, -0.2) is 9.78 Å². The van der Waals surface area contributed by atoms with Crippen LogP contribution in [0, 0.1) is 0 Å². The molecule has 0 bridgehead atoms. The van der Waals surface area contributed by atoms with Gasteiger partial charge in [0, 0.05) is 25.3 Å². The van der Waals surface area contributed by atoms with E-state index in [-0.39, 0.29) is 28.4 Å². The van der Waals surface area contributed by atoms with Gasteiger partial charge in [-0.15, -0.1) is 13.2 Å². The molecule has 0 aliphatic carbocycles. The van der Waals surface area contributed by atoms with Crippen molar-refractivity contribution < 1.29 is 4.79 Å². The summed E-state index contributed by atoms with van der Waals surface area (Å²) in [6.45, 7) is 14.2. The first-order valence-electron chi connectivity index (χ1n) is 9.04. The lowest BCUT2D eigenvalue weighted by Crippen LogP contribution is -2.35. The van der Waals surface area contributed by atoms with Gasteiger partial charge < -0.3 is 4.90 Å². The minimum absolute atomic E-state index is 0.0256. The quantitative estimate of drug-likeness (QED) is 0.723. The van der Waals surface area contributed by atoms with Crippen LogP contribution in [0.4, 0.5) is 0 Å². The molecule has 2 rings (SSSR count). The van der Waals surface area contributed by atoms with E-state index in [1.54, 1.807) is 18.2 Å². The van der Waals surface area contributed by atoms with Crippen LogP contribution in [-0.4, -0.2) is 38.4 Å². The molecule has 2 aromatic heterocycles. The van der Waals surface area contributed by atoms with E-state index in [2.05, 4.69) is 23.1 Å². The maximum Gasteiger partial charge on any atom is 0.329 e. The Kier molecular flexibility index (Phi) is 6.50. The number of aromatic nitrogens is 3. The Bertz CT molecular complexity index is 975.